The zero-order valence-electron chi connectivity index (χ0n) is 15.0. The van der Waals surface area contributed by atoms with Gasteiger partial charge in [0, 0.05) is 12.2 Å². The zero-order valence-corrected chi connectivity index (χ0v) is 15.0. The van der Waals surface area contributed by atoms with E-state index in [9.17, 15) is 9.59 Å². The zero-order chi connectivity index (χ0) is 17.5. The molecule has 0 amide bonds. The molecule has 0 N–H and O–H groups in total. The van der Waals surface area contributed by atoms with Crippen LogP contribution < -0.4 is 0 Å². The molecule has 0 spiro atoms. The van der Waals surface area contributed by atoms with Crippen molar-refractivity contribution in [2.45, 2.75) is 71.1 Å². The van der Waals surface area contributed by atoms with Gasteiger partial charge in [-0.25, -0.2) is 9.59 Å². The van der Waals surface area contributed by atoms with E-state index in [0.29, 0.717) is 19.1 Å². The molecule has 1 atom stereocenters. The third-order valence-electron chi connectivity index (χ3n) is 4.19. The standard InChI is InChI=1S/C20H32O4/c1-2-3-4-5-6-7-11-16-23-19(21)14-15-20(22)24-17-18-12-9-8-10-13-18/h8-9,14-15,18H,2-7,10-13,16-17H2,1H3/b15-14+. The lowest BCUT2D eigenvalue weighted by Gasteiger charge is -2.16. The average Bonchev–Trinajstić information content (AvgIpc) is 2.61. The van der Waals surface area contributed by atoms with Crippen LogP contribution in [0.15, 0.2) is 24.3 Å². The lowest BCUT2D eigenvalue weighted by Crippen LogP contribution is -2.14. The van der Waals surface area contributed by atoms with Crippen LogP contribution in [0.5, 0.6) is 0 Å². The van der Waals surface area contributed by atoms with Gasteiger partial charge in [0.25, 0.3) is 0 Å². The van der Waals surface area contributed by atoms with Gasteiger partial charge in [0.05, 0.1) is 13.2 Å². The van der Waals surface area contributed by atoms with Crippen molar-refractivity contribution in [1.29, 1.82) is 0 Å². The Balaban J connectivity index is 1.99. The van der Waals surface area contributed by atoms with Crippen molar-refractivity contribution in [1.82, 2.24) is 0 Å². The first-order valence-electron chi connectivity index (χ1n) is 9.39. The summed E-state index contributed by atoms with van der Waals surface area (Å²) >= 11 is 0. The molecule has 0 aromatic carbocycles. The summed E-state index contributed by atoms with van der Waals surface area (Å²) in [7, 11) is 0. The number of carbonyl (C=O) groups excluding carboxylic acids is 2. The Morgan fingerprint density at radius 1 is 0.958 bits per heavy atom. The summed E-state index contributed by atoms with van der Waals surface area (Å²) in [6, 6.07) is 0. The molecule has 0 aliphatic heterocycles. The SMILES string of the molecule is CCCCCCCCCOC(=O)/C=C/C(=O)OCC1CC=CCC1. The first-order chi connectivity index (χ1) is 11.7. The Morgan fingerprint density at radius 2 is 1.62 bits per heavy atom. The molecule has 0 saturated heterocycles. The highest BCUT2D eigenvalue weighted by atomic mass is 16.5. The summed E-state index contributed by atoms with van der Waals surface area (Å²) in [5.74, 6) is -0.549. The number of rotatable bonds is 12. The fourth-order valence-electron chi connectivity index (χ4n) is 2.67. The van der Waals surface area contributed by atoms with Gasteiger partial charge in [0.2, 0.25) is 0 Å². The summed E-state index contributed by atoms with van der Waals surface area (Å²) < 4.78 is 10.2. The molecule has 0 radical (unpaired) electrons. The van der Waals surface area contributed by atoms with E-state index in [1.165, 1.54) is 32.1 Å². The van der Waals surface area contributed by atoms with Gasteiger partial charge in [0.1, 0.15) is 0 Å². The number of carbonyl (C=O) groups is 2. The highest BCUT2D eigenvalue weighted by Gasteiger charge is 2.11. The monoisotopic (exact) mass is 336 g/mol. The average molecular weight is 336 g/mol. The van der Waals surface area contributed by atoms with Crippen LogP contribution in [0, 0.1) is 5.92 Å². The second-order valence-corrected chi connectivity index (χ2v) is 6.40. The number of ether oxygens (including phenoxy) is 2. The number of hydrogen-bond donors (Lipinski definition) is 0. The summed E-state index contributed by atoms with van der Waals surface area (Å²) in [6.45, 7) is 3.04. The van der Waals surface area contributed by atoms with Gasteiger partial charge in [-0.1, -0.05) is 57.6 Å². The summed E-state index contributed by atoms with van der Waals surface area (Å²) in [4.78, 5) is 23.1. The van der Waals surface area contributed by atoms with Crippen molar-refractivity contribution < 1.29 is 19.1 Å². The third-order valence-corrected chi connectivity index (χ3v) is 4.19. The van der Waals surface area contributed by atoms with E-state index < -0.39 is 11.9 Å². The highest BCUT2D eigenvalue weighted by Crippen LogP contribution is 2.18. The molecule has 136 valence electrons. The summed E-state index contributed by atoms with van der Waals surface area (Å²) in [5.41, 5.74) is 0. The van der Waals surface area contributed by atoms with Crippen LogP contribution in [0.3, 0.4) is 0 Å². The second kappa shape index (κ2) is 13.8. The molecule has 1 aliphatic carbocycles. The minimum Gasteiger partial charge on any atom is -0.463 e. The Labute approximate surface area is 146 Å². The molecular formula is C20H32O4. The molecule has 0 saturated carbocycles. The molecular weight excluding hydrogens is 304 g/mol. The molecule has 0 aromatic rings. The van der Waals surface area contributed by atoms with Crippen molar-refractivity contribution >= 4 is 11.9 Å². The Morgan fingerprint density at radius 3 is 2.29 bits per heavy atom. The van der Waals surface area contributed by atoms with Gasteiger partial charge in [-0.2, -0.15) is 0 Å². The Kier molecular flexibility index (Phi) is 11.8. The largest absolute Gasteiger partial charge is 0.463 e. The van der Waals surface area contributed by atoms with E-state index in [4.69, 9.17) is 9.47 Å². The normalized spacial score (nSPS) is 17.1. The first-order valence-corrected chi connectivity index (χ1v) is 9.39. The van der Waals surface area contributed by atoms with Crippen LogP contribution in [0.2, 0.25) is 0 Å². The van der Waals surface area contributed by atoms with E-state index in [1.807, 2.05) is 0 Å². The number of unbranched alkanes of at least 4 members (excludes halogenated alkanes) is 6. The lowest BCUT2D eigenvalue weighted by molar-refractivity contribution is -0.141. The number of hydrogen-bond acceptors (Lipinski definition) is 4. The molecule has 0 aromatic heterocycles. The second-order valence-electron chi connectivity index (χ2n) is 6.40. The topological polar surface area (TPSA) is 52.6 Å². The molecule has 0 fully saturated rings. The van der Waals surface area contributed by atoms with Gasteiger partial charge in [-0.05, 0) is 31.6 Å². The molecule has 1 unspecified atom stereocenters. The maximum atomic E-state index is 11.6. The van der Waals surface area contributed by atoms with Gasteiger partial charge < -0.3 is 9.47 Å². The minimum atomic E-state index is -0.475. The van der Waals surface area contributed by atoms with E-state index in [1.54, 1.807) is 0 Å². The molecule has 1 aliphatic rings. The quantitative estimate of drug-likeness (QED) is 0.224. The molecule has 24 heavy (non-hydrogen) atoms. The van der Waals surface area contributed by atoms with Gasteiger partial charge in [-0.15, -0.1) is 0 Å². The van der Waals surface area contributed by atoms with E-state index in [-0.39, 0.29) is 0 Å². The first kappa shape index (κ1) is 20.5. The van der Waals surface area contributed by atoms with Crippen molar-refractivity contribution in [2.24, 2.45) is 5.92 Å². The van der Waals surface area contributed by atoms with Crippen LogP contribution >= 0.6 is 0 Å². The van der Waals surface area contributed by atoms with Gasteiger partial charge >= 0.3 is 11.9 Å². The fraction of sp³-hybridized carbons (Fsp3) is 0.700. The molecule has 4 heteroatoms. The van der Waals surface area contributed by atoms with Gasteiger partial charge in [0.15, 0.2) is 0 Å². The molecule has 0 bridgehead atoms. The minimum absolute atomic E-state index is 0.400. The molecule has 4 nitrogen and oxygen atoms in total. The van der Waals surface area contributed by atoms with Crippen molar-refractivity contribution in [3.8, 4) is 0 Å². The van der Waals surface area contributed by atoms with Crippen molar-refractivity contribution in [2.75, 3.05) is 13.2 Å². The number of esters is 2. The maximum Gasteiger partial charge on any atom is 0.331 e. The van der Waals surface area contributed by atoms with Crippen LogP contribution in [0.4, 0.5) is 0 Å². The van der Waals surface area contributed by atoms with Crippen LogP contribution in [-0.4, -0.2) is 25.2 Å². The third kappa shape index (κ3) is 11.0. The van der Waals surface area contributed by atoms with Crippen LogP contribution in [0.25, 0.3) is 0 Å². The fourth-order valence-corrected chi connectivity index (χ4v) is 2.67. The van der Waals surface area contributed by atoms with E-state index in [0.717, 1.165) is 44.3 Å². The number of allylic oxidation sites excluding steroid dienone is 2. The van der Waals surface area contributed by atoms with E-state index >= 15 is 0 Å². The van der Waals surface area contributed by atoms with Gasteiger partial charge in [-0.3, -0.25) is 0 Å². The van der Waals surface area contributed by atoms with E-state index in [2.05, 4.69) is 19.1 Å². The Bertz CT molecular complexity index is 412. The predicted octanol–water partition coefficient (Wildman–Crippen LogP) is 4.74. The molecule has 0 heterocycles. The lowest BCUT2D eigenvalue weighted by atomic mass is 9.95. The predicted molar refractivity (Wildman–Crippen MR) is 95.5 cm³/mol. The maximum absolute atomic E-state index is 11.6. The summed E-state index contributed by atoms with van der Waals surface area (Å²) in [6.07, 6.45) is 17.9. The summed E-state index contributed by atoms with van der Waals surface area (Å²) in [5, 5.41) is 0. The van der Waals surface area contributed by atoms with Crippen molar-refractivity contribution in [3.05, 3.63) is 24.3 Å². The Hall–Kier alpha value is -1.58. The van der Waals surface area contributed by atoms with Crippen LogP contribution in [0.1, 0.15) is 71.1 Å². The highest BCUT2D eigenvalue weighted by molar-refractivity contribution is 5.91. The van der Waals surface area contributed by atoms with Crippen molar-refractivity contribution in [3.63, 3.8) is 0 Å². The smallest absolute Gasteiger partial charge is 0.331 e. The van der Waals surface area contributed by atoms with Crippen LogP contribution in [-0.2, 0) is 19.1 Å². The molecule has 1 rings (SSSR count).